The molecule has 1 fully saturated rings. The van der Waals surface area contributed by atoms with E-state index in [-0.39, 0.29) is 10.6 Å². The minimum Gasteiger partial charge on any atom is -0.490 e. The number of nitro benzene ring substituents is 1. The third kappa shape index (κ3) is 2.85. The molecule has 1 aliphatic rings. The summed E-state index contributed by atoms with van der Waals surface area (Å²) in [4.78, 5) is 13.2. The fourth-order valence-corrected chi connectivity index (χ4v) is 2.74. The molecule has 20 heavy (non-hydrogen) atoms. The fraction of sp³-hybridized carbons (Fsp3) is 0.571. The van der Waals surface area contributed by atoms with Crippen LogP contribution in [-0.2, 0) is 0 Å². The zero-order chi connectivity index (χ0) is 14.5. The van der Waals surface area contributed by atoms with Crippen molar-refractivity contribution in [1.82, 2.24) is 5.32 Å². The minimum atomic E-state index is -0.348. The van der Waals surface area contributed by atoms with Crippen LogP contribution in [0.15, 0.2) is 18.2 Å². The van der Waals surface area contributed by atoms with E-state index in [9.17, 15) is 10.1 Å². The molecule has 0 spiro atoms. The molecule has 1 aromatic carbocycles. The lowest BCUT2D eigenvalue weighted by atomic mass is 10.1. The van der Waals surface area contributed by atoms with Crippen LogP contribution < -0.4 is 15.0 Å². The Balaban J connectivity index is 2.43. The maximum atomic E-state index is 11.4. The smallest absolute Gasteiger partial charge is 0.333 e. The van der Waals surface area contributed by atoms with Gasteiger partial charge in [-0.15, -0.1) is 0 Å². The highest BCUT2D eigenvalue weighted by molar-refractivity contribution is 5.70. The zero-order valence-electron chi connectivity index (χ0n) is 12.0. The van der Waals surface area contributed by atoms with Gasteiger partial charge in [0, 0.05) is 19.1 Å². The molecule has 2 rings (SSSR count). The summed E-state index contributed by atoms with van der Waals surface area (Å²) in [5.41, 5.74) is 0.722. The molecule has 0 aliphatic carbocycles. The molecule has 1 saturated heterocycles. The summed E-state index contributed by atoms with van der Waals surface area (Å²) in [5.74, 6) is 0.319. The maximum Gasteiger partial charge on any atom is 0.333 e. The van der Waals surface area contributed by atoms with E-state index in [1.54, 1.807) is 6.07 Å². The third-order valence-electron chi connectivity index (χ3n) is 3.63. The molecule has 1 N–H and O–H groups in total. The lowest BCUT2D eigenvalue weighted by Crippen LogP contribution is -2.38. The molecule has 0 aromatic heterocycles. The van der Waals surface area contributed by atoms with Crippen molar-refractivity contribution >= 4 is 11.4 Å². The molecule has 6 nitrogen and oxygen atoms in total. The second-order valence-electron chi connectivity index (χ2n) is 4.93. The van der Waals surface area contributed by atoms with Crippen LogP contribution in [0.2, 0.25) is 0 Å². The quantitative estimate of drug-likeness (QED) is 0.638. The Labute approximate surface area is 118 Å². The molecule has 6 heteroatoms. The van der Waals surface area contributed by atoms with Crippen LogP contribution in [0.4, 0.5) is 11.4 Å². The summed E-state index contributed by atoms with van der Waals surface area (Å²) >= 11 is 0. The molecule has 0 saturated carbocycles. The highest BCUT2D eigenvalue weighted by atomic mass is 16.6. The molecule has 0 bridgehead atoms. The third-order valence-corrected chi connectivity index (χ3v) is 3.63. The number of hydrogen-bond acceptors (Lipinski definition) is 5. The number of benzene rings is 1. The van der Waals surface area contributed by atoms with Crippen molar-refractivity contribution in [2.24, 2.45) is 0 Å². The van der Waals surface area contributed by atoms with Crippen molar-refractivity contribution in [3.8, 4) is 5.75 Å². The summed E-state index contributed by atoms with van der Waals surface area (Å²) in [5, 5.41) is 14.7. The van der Waals surface area contributed by atoms with Crippen molar-refractivity contribution in [3.63, 3.8) is 0 Å². The van der Waals surface area contributed by atoms with Crippen molar-refractivity contribution in [3.05, 3.63) is 28.3 Å². The predicted octanol–water partition coefficient (Wildman–Crippen LogP) is 2.18. The molecule has 1 aromatic rings. The van der Waals surface area contributed by atoms with Crippen molar-refractivity contribution in [1.29, 1.82) is 0 Å². The van der Waals surface area contributed by atoms with Gasteiger partial charge in [-0.05, 0) is 31.5 Å². The number of hydrogen-bond donors (Lipinski definition) is 1. The van der Waals surface area contributed by atoms with Gasteiger partial charge in [-0.1, -0.05) is 13.0 Å². The SMILES string of the molecule is CCCN(c1cccc(OC)c1[N+](=O)[O-])C1CCNC1. The van der Waals surface area contributed by atoms with Crippen molar-refractivity contribution < 1.29 is 9.66 Å². The molecule has 1 aliphatic heterocycles. The van der Waals surface area contributed by atoms with E-state index in [1.807, 2.05) is 12.1 Å². The van der Waals surface area contributed by atoms with E-state index >= 15 is 0 Å². The van der Waals surface area contributed by atoms with Gasteiger partial charge in [0.2, 0.25) is 0 Å². The largest absolute Gasteiger partial charge is 0.490 e. The van der Waals surface area contributed by atoms with Crippen LogP contribution in [0, 0.1) is 10.1 Å². The van der Waals surface area contributed by atoms with E-state index in [0.29, 0.717) is 17.5 Å². The first-order valence-corrected chi connectivity index (χ1v) is 6.97. The molecule has 110 valence electrons. The first kappa shape index (κ1) is 14.6. The van der Waals surface area contributed by atoms with Gasteiger partial charge in [-0.2, -0.15) is 0 Å². The number of nitrogens with one attached hydrogen (secondary N) is 1. The van der Waals surface area contributed by atoms with Gasteiger partial charge in [0.25, 0.3) is 0 Å². The highest BCUT2D eigenvalue weighted by Gasteiger charge is 2.29. The van der Waals surface area contributed by atoms with Crippen LogP contribution in [0.5, 0.6) is 5.75 Å². The number of methoxy groups -OCH3 is 1. The predicted molar refractivity (Wildman–Crippen MR) is 78.6 cm³/mol. The molecule has 1 atom stereocenters. The average Bonchev–Trinajstić information content (AvgIpc) is 2.97. The van der Waals surface area contributed by atoms with Crippen LogP contribution in [0.25, 0.3) is 0 Å². The molecule has 0 amide bonds. The maximum absolute atomic E-state index is 11.4. The van der Waals surface area contributed by atoms with Gasteiger partial charge < -0.3 is 15.0 Å². The Morgan fingerprint density at radius 1 is 1.55 bits per heavy atom. The number of ether oxygens (including phenoxy) is 1. The van der Waals surface area contributed by atoms with Crippen molar-refractivity contribution in [2.45, 2.75) is 25.8 Å². The molecular weight excluding hydrogens is 258 g/mol. The second-order valence-corrected chi connectivity index (χ2v) is 4.93. The molecule has 0 radical (unpaired) electrons. The number of nitrogens with zero attached hydrogens (tertiary/aromatic N) is 2. The first-order valence-electron chi connectivity index (χ1n) is 6.97. The Bertz CT molecular complexity index is 473. The Kier molecular flexibility index (Phi) is 4.79. The Morgan fingerprint density at radius 2 is 2.35 bits per heavy atom. The number of para-hydroxylation sites is 1. The average molecular weight is 279 g/mol. The topological polar surface area (TPSA) is 67.6 Å². The van der Waals surface area contributed by atoms with Crippen molar-refractivity contribution in [2.75, 3.05) is 31.6 Å². The van der Waals surface area contributed by atoms with E-state index in [0.717, 1.165) is 32.5 Å². The van der Waals surface area contributed by atoms with Gasteiger partial charge >= 0.3 is 5.69 Å². The van der Waals surface area contributed by atoms with E-state index in [4.69, 9.17) is 4.74 Å². The molecular formula is C14H21N3O3. The summed E-state index contributed by atoms with van der Waals surface area (Å²) < 4.78 is 5.15. The number of rotatable bonds is 6. The fourth-order valence-electron chi connectivity index (χ4n) is 2.74. The summed E-state index contributed by atoms with van der Waals surface area (Å²) in [6.45, 7) is 4.72. The lowest BCUT2D eigenvalue weighted by molar-refractivity contribution is -0.385. The molecule has 1 heterocycles. The van der Waals surface area contributed by atoms with E-state index in [2.05, 4.69) is 17.1 Å². The lowest BCUT2D eigenvalue weighted by Gasteiger charge is -2.30. The van der Waals surface area contributed by atoms with Crippen LogP contribution in [0.3, 0.4) is 0 Å². The van der Waals surface area contributed by atoms with Gasteiger partial charge in [-0.3, -0.25) is 10.1 Å². The number of anilines is 1. The van der Waals surface area contributed by atoms with Crippen LogP contribution >= 0.6 is 0 Å². The Hall–Kier alpha value is -1.82. The number of nitro groups is 1. The molecule has 1 unspecified atom stereocenters. The minimum absolute atomic E-state index is 0.0651. The summed E-state index contributed by atoms with van der Waals surface area (Å²) in [6.07, 6.45) is 1.96. The van der Waals surface area contributed by atoms with E-state index < -0.39 is 0 Å². The standard InChI is InChI=1S/C14H21N3O3/c1-3-9-16(11-7-8-15-10-11)12-5-4-6-13(20-2)14(12)17(18)19/h4-6,11,15H,3,7-10H2,1-2H3. The normalized spacial score (nSPS) is 18.0. The monoisotopic (exact) mass is 279 g/mol. The van der Waals surface area contributed by atoms with Gasteiger partial charge in [-0.25, -0.2) is 0 Å². The van der Waals surface area contributed by atoms with Crippen LogP contribution in [0.1, 0.15) is 19.8 Å². The summed E-state index contributed by atoms with van der Waals surface area (Å²) in [7, 11) is 1.47. The van der Waals surface area contributed by atoms with Gasteiger partial charge in [0.15, 0.2) is 5.75 Å². The summed E-state index contributed by atoms with van der Waals surface area (Å²) in [6, 6.07) is 5.57. The Morgan fingerprint density at radius 3 is 2.90 bits per heavy atom. The first-order chi connectivity index (χ1) is 9.69. The van der Waals surface area contributed by atoms with E-state index in [1.165, 1.54) is 7.11 Å². The highest BCUT2D eigenvalue weighted by Crippen LogP contribution is 2.38. The second kappa shape index (κ2) is 6.56. The van der Waals surface area contributed by atoms with Gasteiger partial charge in [0.05, 0.1) is 12.0 Å². The zero-order valence-corrected chi connectivity index (χ0v) is 12.0. The van der Waals surface area contributed by atoms with Gasteiger partial charge in [0.1, 0.15) is 5.69 Å². The van der Waals surface area contributed by atoms with Crippen LogP contribution in [-0.4, -0.2) is 37.7 Å².